The number of carbonyl (C=O) groups is 1. The number of methoxy groups -OCH3 is 1. The third-order valence-electron chi connectivity index (χ3n) is 8.83. The van der Waals surface area contributed by atoms with Gasteiger partial charge >= 0.3 is 35.5 Å². The second-order valence-corrected chi connectivity index (χ2v) is 15.5. The summed E-state index contributed by atoms with van der Waals surface area (Å²) in [4.78, 5) is 12.6. The molecule has 254 valence electrons. The smallest absolute Gasteiger partial charge is 0.744 e. The van der Waals surface area contributed by atoms with Crippen molar-refractivity contribution in [3.05, 3.63) is 83.6 Å². The fourth-order valence-electron chi connectivity index (χ4n) is 6.37. The molecule has 2 heterocycles. The number of carboxylic acid groups (broad SMARTS) is 1. The van der Waals surface area contributed by atoms with Gasteiger partial charge in [-0.15, -0.1) is 0 Å². The minimum Gasteiger partial charge on any atom is -0.744 e. The monoisotopic (exact) mass is 709 g/mol. The first kappa shape index (κ1) is 39.8. The molecule has 48 heavy (non-hydrogen) atoms. The molecule has 0 radical (unpaired) electrons. The first-order valence-electron chi connectivity index (χ1n) is 15.3. The van der Waals surface area contributed by atoms with Crippen LogP contribution in [0.1, 0.15) is 64.5 Å². The van der Waals surface area contributed by atoms with Crippen molar-refractivity contribution in [2.45, 2.75) is 74.0 Å². The molecule has 0 aromatic heterocycles. The summed E-state index contributed by atoms with van der Waals surface area (Å²) in [7, 11) is -7.41. The van der Waals surface area contributed by atoms with Crippen LogP contribution in [-0.2, 0) is 40.6 Å². The van der Waals surface area contributed by atoms with Gasteiger partial charge in [0.25, 0.3) is 10.1 Å². The second kappa shape index (κ2) is 15.5. The molecule has 2 aromatic carbocycles. The molecule has 0 spiro atoms. The van der Waals surface area contributed by atoms with Gasteiger partial charge in [-0.25, -0.2) is 8.42 Å². The number of nitrogens with zero attached hydrogens (tertiary/aromatic N) is 2. The summed E-state index contributed by atoms with van der Waals surface area (Å²) in [5, 5.41) is 8.99. The molecule has 2 aliphatic heterocycles. The van der Waals surface area contributed by atoms with E-state index in [0.717, 1.165) is 34.8 Å². The Bertz CT molecular complexity index is 1890. The molecule has 2 N–H and O–H groups in total. The van der Waals surface area contributed by atoms with Crippen molar-refractivity contribution in [1.29, 1.82) is 0 Å². The molecule has 0 amide bonds. The molecular formula is C34H42N2NaO9S2+. The number of rotatable bonds is 14. The summed E-state index contributed by atoms with van der Waals surface area (Å²) in [5.41, 5.74) is 3.71. The van der Waals surface area contributed by atoms with Crippen LogP contribution in [0.15, 0.2) is 82.3 Å². The molecule has 0 saturated heterocycles. The zero-order chi connectivity index (χ0) is 34.8. The topological polar surface area (TPSA) is 164 Å². The van der Waals surface area contributed by atoms with Gasteiger partial charge in [-0.2, -0.15) is 13.0 Å². The van der Waals surface area contributed by atoms with Crippen molar-refractivity contribution in [2.24, 2.45) is 0 Å². The fourth-order valence-corrected chi connectivity index (χ4v) is 7.37. The third kappa shape index (κ3) is 8.56. The van der Waals surface area contributed by atoms with Crippen LogP contribution >= 0.6 is 0 Å². The molecule has 11 nitrogen and oxygen atoms in total. The molecule has 0 bridgehead atoms. The molecule has 0 aliphatic carbocycles. The van der Waals surface area contributed by atoms with E-state index in [2.05, 4.69) is 9.48 Å². The summed E-state index contributed by atoms with van der Waals surface area (Å²) in [6, 6.07) is 9.00. The predicted octanol–water partition coefficient (Wildman–Crippen LogP) is 2.30. The Kier molecular flexibility index (Phi) is 12.9. The number of unbranched alkanes of at least 4 members (excludes halogenated alkanes) is 2. The van der Waals surface area contributed by atoms with Gasteiger partial charge in [-0.1, -0.05) is 32.1 Å². The van der Waals surface area contributed by atoms with Gasteiger partial charge in [0.2, 0.25) is 5.69 Å². The number of allylic oxidation sites excluding steroid dienone is 6. The van der Waals surface area contributed by atoms with Crippen molar-refractivity contribution in [3.8, 4) is 0 Å². The van der Waals surface area contributed by atoms with E-state index < -0.39 is 37.0 Å². The molecule has 0 saturated carbocycles. The van der Waals surface area contributed by atoms with E-state index in [-0.39, 0.29) is 45.8 Å². The van der Waals surface area contributed by atoms with Crippen LogP contribution in [-0.4, -0.2) is 74.1 Å². The number of fused-ring (bicyclic) bond motifs is 2. The summed E-state index contributed by atoms with van der Waals surface area (Å²) in [5.74, 6) is -0.838. The van der Waals surface area contributed by atoms with Gasteiger partial charge < -0.3 is 19.3 Å². The van der Waals surface area contributed by atoms with Crippen molar-refractivity contribution in [1.82, 2.24) is 0 Å². The Morgan fingerprint density at radius 3 is 2.23 bits per heavy atom. The number of anilines is 1. The molecule has 0 fully saturated rings. The Morgan fingerprint density at radius 2 is 1.60 bits per heavy atom. The Morgan fingerprint density at radius 1 is 0.938 bits per heavy atom. The summed E-state index contributed by atoms with van der Waals surface area (Å²) in [6.45, 7) is 9.46. The molecule has 4 rings (SSSR count). The van der Waals surface area contributed by atoms with Gasteiger partial charge in [-0.3, -0.25) is 9.35 Å². The van der Waals surface area contributed by atoms with Gasteiger partial charge in [0.05, 0.1) is 21.8 Å². The van der Waals surface area contributed by atoms with E-state index in [0.29, 0.717) is 38.1 Å². The number of benzene rings is 2. The minimum absolute atomic E-state index is 0. The number of hydrogen-bond donors (Lipinski definition) is 2. The Labute approximate surface area is 305 Å². The largest absolute Gasteiger partial charge is 1.00 e. The molecule has 0 atom stereocenters. The van der Waals surface area contributed by atoms with Crippen LogP contribution in [0.25, 0.3) is 0 Å². The standard InChI is InChI=1S/C34H42N2O9S2.Na/c1-33(2)26-22-24(46(39,40)41)15-17-28(26)35(19-11-7-10-14-32(37)38)30(33)12-8-6-9-13-31-34(3,4)27-23-25(47(42,43)44)16-18-29(27)36(31)20-21-45-5;/h6,8-9,12-13,15-18,22-23H,7,10-11,14,19-21H2,1-5H3,(H2-,37,38,39,40,41,42,43,44);/q;+1. The third-order valence-corrected chi connectivity index (χ3v) is 10.5. The molecule has 2 aromatic rings. The maximum atomic E-state index is 11.9. The van der Waals surface area contributed by atoms with E-state index in [1.807, 2.05) is 58.1 Å². The Balaban J connectivity index is 0.00000625. The van der Waals surface area contributed by atoms with Crippen molar-refractivity contribution in [2.75, 3.05) is 31.7 Å². The normalized spacial score (nSPS) is 17.7. The van der Waals surface area contributed by atoms with Crippen LogP contribution in [0.4, 0.5) is 11.4 Å². The number of ether oxygens (including phenoxy) is 1. The number of carboxylic acids is 1. The summed E-state index contributed by atoms with van der Waals surface area (Å²) in [6.07, 6.45) is 11.6. The Hall–Kier alpha value is -2.62. The van der Waals surface area contributed by atoms with Crippen LogP contribution in [0.3, 0.4) is 0 Å². The van der Waals surface area contributed by atoms with E-state index in [9.17, 15) is 30.7 Å². The molecular weight excluding hydrogens is 668 g/mol. The van der Waals surface area contributed by atoms with Crippen LogP contribution in [0.5, 0.6) is 0 Å². The van der Waals surface area contributed by atoms with E-state index in [1.54, 1.807) is 19.2 Å². The van der Waals surface area contributed by atoms with E-state index >= 15 is 0 Å². The van der Waals surface area contributed by atoms with Crippen molar-refractivity contribution < 1.29 is 74.7 Å². The van der Waals surface area contributed by atoms with Crippen molar-refractivity contribution in [3.63, 3.8) is 0 Å². The maximum absolute atomic E-state index is 11.9. The molecule has 0 unspecified atom stereocenters. The van der Waals surface area contributed by atoms with Gasteiger partial charge in [-0.05, 0) is 68.7 Å². The van der Waals surface area contributed by atoms with E-state index in [1.165, 1.54) is 24.3 Å². The summed E-state index contributed by atoms with van der Waals surface area (Å²) < 4.78 is 76.3. The zero-order valence-corrected chi connectivity index (χ0v) is 31.9. The second-order valence-electron chi connectivity index (χ2n) is 12.7. The average molecular weight is 710 g/mol. The first-order valence-corrected chi connectivity index (χ1v) is 18.2. The van der Waals surface area contributed by atoms with E-state index in [4.69, 9.17) is 9.84 Å². The predicted molar refractivity (Wildman–Crippen MR) is 178 cm³/mol. The van der Waals surface area contributed by atoms with Crippen LogP contribution in [0, 0.1) is 0 Å². The van der Waals surface area contributed by atoms with Gasteiger partial charge in [0.15, 0.2) is 5.71 Å². The van der Waals surface area contributed by atoms with Crippen LogP contribution < -0.4 is 34.5 Å². The molecule has 2 aliphatic rings. The zero-order valence-electron chi connectivity index (χ0n) is 28.3. The minimum atomic E-state index is -4.65. The quantitative estimate of drug-likeness (QED) is 0.0978. The average Bonchev–Trinajstić information content (AvgIpc) is 3.32. The first-order chi connectivity index (χ1) is 21.9. The SMILES string of the molecule is COCCN1C(=CC=CC=CC2=[N+](CCCCCC(=O)O)c3ccc(S(=O)(=O)[O-])cc3C2(C)C)C(C)(C)c2cc(S(=O)(=O)O)ccc21.[Na+]. The van der Waals surface area contributed by atoms with Crippen LogP contribution in [0.2, 0.25) is 0 Å². The molecule has 14 heteroatoms. The number of hydrogen-bond acceptors (Lipinski definition) is 8. The van der Waals surface area contributed by atoms with Gasteiger partial charge in [0.1, 0.15) is 16.7 Å². The number of aliphatic carboxylic acids is 1. The maximum Gasteiger partial charge on any atom is 1.00 e. The van der Waals surface area contributed by atoms with Gasteiger partial charge in [0, 0.05) is 61.0 Å². The van der Waals surface area contributed by atoms with Crippen molar-refractivity contribution >= 4 is 43.3 Å². The fraction of sp³-hybridized carbons (Fsp3) is 0.412. The summed E-state index contributed by atoms with van der Waals surface area (Å²) >= 11 is 0.